The number of amides is 1. The zero-order valence-electron chi connectivity index (χ0n) is 10.5. The van der Waals surface area contributed by atoms with Crippen molar-refractivity contribution in [1.82, 2.24) is 4.98 Å². The second-order valence-electron chi connectivity index (χ2n) is 4.26. The molecule has 0 aliphatic rings. The monoisotopic (exact) mass is 382 g/mol. The van der Waals surface area contributed by atoms with Crippen LogP contribution in [-0.4, -0.2) is 10.9 Å². The third-order valence-electron chi connectivity index (χ3n) is 2.66. The Morgan fingerprint density at radius 3 is 2.58 bits per heavy atom. The number of hydrogen-bond acceptors (Lipinski definition) is 2. The van der Waals surface area contributed by atoms with Crippen molar-refractivity contribution < 1.29 is 4.79 Å². The predicted molar refractivity (Wildman–Crippen MR) is 83.5 cm³/mol. The Morgan fingerprint density at radius 1 is 1.16 bits per heavy atom. The number of carbonyl (C=O) groups is 1. The summed E-state index contributed by atoms with van der Waals surface area (Å²) in [7, 11) is 0. The van der Waals surface area contributed by atoms with Crippen molar-refractivity contribution in [3.05, 3.63) is 56.1 Å². The second kappa shape index (κ2) is 5.84. The average molecular weight is 384 g/mol. The summed E-state index contributed by atoms with van der Waals surface area (Å²) in [6, 6.07) is 7.48. The van der Waals surface area contributed by atoms with Gasteiger partial charge in [0, 0.05) is 15.1 Å². The van der Waals surface area contributed by atoms with Gasteiger partial charge in [-0.1, -0.05) is 11.6 Å². The van der Waals surface area contributed by atoms with Gasteiger partial charge in [-0.15, -0.1) is 0 Å². The van der Waals surface area contributed by atoms with Gasteiger partial charge in [-0.05, 0) is 69.5 Å². The van der Waals surface area contributed by atoms with E-state index in [-0.39, 0.29) is 5.91 Å². The quantitative estimate of drug-likeness (QED) is 0.830. The highest BCUT2D eigenvalue weighted by molar-refractivity contribution is 9.10. The van der Waals surface area contributed by atoms with Crippen molar-refractivity contribution >= 4 is 43.6 Å². The van der Waals surface area contributed by atoms with Gasteiger partial charge in [0.25, 0.3) is 5.91 Å². The molecule has 1 aromatic heterocycles. The Hall–Kier alpha value is -1.20. The molecule has 2 rings (SSSR count). The van der Waals surface area contributed by atoms with E-state index < -0.39 is 0 Å². The summed E-state index contributed by atoms with van der Waals surface area (Å²) in [5, 5.41) is 2.79. The zero-order chi connectivity index (χ0) is 14.0. The molecule has 98 valence electrons. The second-order valence-corrected chi connectivity index (χ2v) is 5.96. The first-order valence-corrected chi connectivity index (χ1v) is 7.25. The molecule has 3 nitrogen and oxygen atoms in total. The number of aryl methyl sites for hydroxylation is 2. The third-order valence-corrected chi connectivity index (χ3v) is 4.18. The highest BCUT2D eigenvalue weighted by Gasteiger charge is 2.11. The number of pyridine rings is 1. The van der Waals surface area contributed by atoms with Gasteiger partial charge in [-0.3, -0.25) is 4.79 Å². The van der Waals surface area contributed by atoms with E-state index >= 15 is 0 Å². The maximum Gasteiger partial charge on any atom is 0.257 e. The Bertz CT molecular complexity index is 641. The van der Waals surface area contributed by atoms with Crippen LogP contribution in [-0.2, 0) is 0 Å². The van der Waals surface area contributed by atoms with E-state index in [1.165, 1.54) is 0 Å². The lowest BCUT2D eigenvalue weighted by atomic mass is 10.1. The van der Waals surface area contributed by atoms with Crippen LogP contribution in [0.15, 0.2) is 39.4 Å². The fraction of sp³-hybridized carbons (Fsp3) is 0.143. The van der Waals surface area contributed by atoms with Crippen molar-refractivity contribution in [2.24, 2.45) is 0 Å². The predicted octanol–water partition coefficient (Wildman–Crippen LogP) is 4.48. The van der Waals surface area contributed by atoms with Crippen LogP contribution in [0.2, 0.25) is 0 Å². The molecule has 0 radical (unpaired) electrons. The molecule has 2 aromatic rings. The van der Waals surface area contributed by atoms with Crippen molar-refractivity contribution in [2.75, 3.05) is 5.32 Å². The molecule has 5 heteroatoms. The third kappa shape index (κ3) is 3.42. The first kappa shape index (κ1) is 14.2. The first-order valence-electron chi connectivity index (χ1n) is 5.67. The highest BCUT2D eigenvalue weighted by atomic mass is 79.9. The largest absolute Gasteiger partial charge is 0.307 e. The molecule has 0 bridgehead atoms. The molecule has 0 atom stereocenters. The summed E-state index contributed by atoms with van der Waals surface area (Å²) in [4.78, 5) is 16.4. The number of hydrogen-bond donors (Lipinski definition) is 1. The first-order chi connectivity index (χ1) is 8.97. The van der Waals surface area contributed by atoms with Crippen molar-refractivity contribution in [3.8, 4) is 0 Å². The van der Waals surface area contributed by atoms with Gasteiger partial charge in [-0.25, -0.2) is 4.98 Å². The average Bonchev–Trinajstić information content (AvgIpc) is 2.36. The molecule has 0 saturated heterocycles. The number of nitrogens with one attached hydrogen (secondary N) is 1. The highest BCUT2D eigenvalue weighted by Crippen LogP contribution is 2.21. The number of halogens is 2. The summed E-state index contributed by atoms with van der Waals surface area (Å²) >= 11 is 6.76. The normalized spacial score (nSPS) is 10.3. The molecular formula is C14H12Br2N2O. The molecule has 1 aromatic carbocycles. The molecule has 0 fully saturated rings. The molecule has 1 amide bonds. The van der Waals surface area contributed by atoms with E-state index in [9.17, 15) is 4.79 Å². The van der Waals surface area contributed by atoms with Crippen molar-refractivity contribution in [3.63, 3.8) is 0 Å². The summed E-state index contributed by atoms with van der Waals surface area (Å²) in [5.74, 6) is 0.365. The molecular weight excluding hydrogens is 372 g/mol. The summed E-state index contributed by atoms with van der Waals surface area (Å²) in [5.41, 5.74) is 2.66. The van der Waals surface area contributed by atoms with E-state index in [0.717, 1.165) is 20.1 Å². The van der Waals surface area contributed by atoms with Crippen LogP contribution in [0.3, 0.4) is 0 Å². The number of carbonyl (C=O) groups excluding carboxylic acids is 1. The van der Waals surface area contributed by atoms with Gasteiger partial charge < -0.3 is 5.32 Å². The minimum absolute atomic E-state index is 0.176. The van der Waals surface area contributed by atoms with E-state index in [1.807, 2.05) is 38.1 Å². The fourth-order valence-electron chi connectivity index (χ4n) is 1.60. The lowest BCUT2D eigenvalue weighted by Crippen LogP contribution is -2.14. The molecule has 0 aliphatic carbocycles. The van der Waals surface area contributed by atoms with Crippen LogP contribution in [0.1, 0.15) is 21.5 Å². The summed E-state index contributed by atoms with van der Waals surface area (Å²) in [6.45, 7) is 3.90. The number of anilines is 1. The van der Waals surface area contributed by atoms with E-state index in [1.54, 1.807) is 6.20 Å². The Labute approximate surface area is 128 Å². The molecule has 19 heavy (non-hydrogen) atoms. The van der Waals surface area contributed by atoms with Crippen LogP contribution in [0.25, 0.3) is 0 Å². The van der Waals surface area contributed by atoms with Crippen LogP contribution in [0, 0.1) is 13.8 Å². The molecule has 1 heterocycles. The molecule has 0 aliphatic heterocycles. The van der Waals surface area contributed by atoms with Gasteiger partial charge in [0.2, 0.25) is 0 Å². The van der Waals surface area contributed by atoms with Crippen molar-refractivity contribution in [1.29, 1.82) is 0 Å². The van der Waals surface area contributed by atoms with E-state index in [4.69, 9.17) is 0 Å². The lowest BCUT2D eigenvalue weighted by Gasteiger charge is -2.08. The minimum atomic E-state index is -0.176. The smallest absolute Gasteiger partial charge is 0.257 e. The maximum atomic E-state index is 12.2. The topological polar surface area (TPSA) is 42.0 Å². The van der Waals surface area contributed by atoms with Gasteiger partial charge in [0.05, 0.1) is 5.56 Å². The Balaban J connectivity index is 2.25. The molecule has 0 saturated carbocycles. The zero-order valence-corrected chi connectivity index (χ0v) is 13.7. The van der Waals surface area contributed by atoms with Crippen LogP contribution < -0.4 is 5.32 Å². The Kier molecular flexibility index (Phi) is 4.37. The van der Waals surface area contributed by atoms with Gasteiger partial charge >= 0.3 is 0 Å². The summed E-state index contributed by atoms with van der Waals surface area (Å²) < 4.78 is 1.69. The van der Waals surface area contributed by atoms with Crippen molar-refractivity contribution in [2.45, 2.75) is 13.8 Å². The Morgan fingerprint density at radius 2 is 1.89 bits per heavy atom. The van der Waals surface area contributed by atoms with Crippen LogP contribution >= 0.6 is 31.9 Å². The molecule has 0 spiro atoms. The van der Waals surface area contributed by atoms with E-state index in [2.05, 4.69) is 42.2 Å². The summed E-state index contributed by atoms with van der Waals surface area (Å²) in [6.07, 6.45) is 1.68. The fourth-order valence-corrected chi connectivity index (χ4v) is 2.25. The maximum absolute atomic E-state index is 12.2. The number of rotatable bonds is 2. The molecule has 0 unspecified atom stereocenters. The lowest BCUT2D eigenvalue weighted by molar-refractivity contribution is 0.102. The van der Waals surface area contributed by atoms with Gasteiger partial charge in [-0.2, -0.15) is 0 Å². The minimum Gasteiger partial charge on any atom is -0.307 e. The standard InChI is InChI=1S/C14H12Br2N2O/c1-8-3-4-11(15)10(5-8)14(19)18-13-6-9(2)12(16)7-17-13/h3-7H,1-2H3,(H,17,18,19). The number of nitrogens with zero attached hydrogens (tertiary/aromatic N) is 1. The van der Waals surface area contributed by atoms with Crippen LogP contribution in [0.4, 0.5) is 5.82 Å². The molecule has 1 N–H and O–H groups in total. The van der Waals surface area contributed by atoms with Crippen LogP contribution in [0.5, 0.6) is 0 Å². The van der Waals surface area contributed by atoms with E-state index in [0.29, 0.717) is 11.4 Å². The number of benzene rings is 1. The van der Waals surface area contributed by atoms with Gasteiger partial charge in [0.1, 0.15) is 5.82 Å². The van der Waals surface area contributed by atoms with Gasteiger partial charge in [0.15, 0.2) is 0 Å². The SMILES string of the molecule is Cc1ccc(Br)c(C(=O)Nc2cc(C)c(Br)cn2)c1. The number of aromatic nitrogens is 1.